The first kappa shape index (κ1) is 11.7. The molecule has 0 aliphatic carbocycles. The number of thioether (sulfide) groups is 1. The van der Waals surface area contributed by atoms with E-state index in [1.54, 1.807) is 23.0 Å². The number of hydrogen-bond donors (Lipinski definition) is 2. The van der Waals surface area contributed by atoms with Gasteiger partial charge in [-0.25, -0.2) is 15.8 Å². The summed E-state index contributed by atoms with van der Waals surface area (Å²) < 4.78 is 6.35. The minimum absolute atomic E-state index is 0.181. The summed E-state index contributed by atoms with van der Waals surface area (Å²) >= 11 is 1.25. The third kappa shape index (κ3) is 2.48. The summed E-state index contributed by atoms with van der Waals surface area (Å²) in [5, 5.41) is 0.621. The van der Waals surface area contributed by atoms with Crippen LogP contribution < -0.4 is 11.3 Å². The Hall–Kier alpha value is -1.80. The lowest BCUT2D eigenvalue weighted by atomic mass is 10.6. The molecule has 0 bridgehead atoms. The molecule has 0 aliphatic rings. The first-order valence-corrected chi connectivity index (χ1v) is 5.73. The fraction of sp³-hybridized carbons (Fsp3) is 0.222. The van der Waals surface area contributed by atoms with Crippen LogP contribution in [0.5, 0.6) is 0 Å². The summed E-state index contributed by atoms with van der Waals surface area (Å²) in [5.74, 6) is 5.68. The van der Waals surface area contributed by atoms with E-state index in [0.717, 1.165) is 0 Å². The highest BCUT2D eigenvalue weighted by atomic mass is 32.2. The van der Waals surface area contributed by atoms with Gasteiger partial charge in [0.15, 0.2) is 11.5 Å². The van der Waals surface area contributed by atoms with Crippen LogP contribution in [0.4, 0.5) is 5.82 Å². The van der Waals surface area contributed by atoms with Crippen molar-refractivity contribution in [2.75, 3.05) is 18.3 Å². The van der Waals surface area contributed by atoms with Gasteiger partial charge in [0, 0.05) is 12.4 Å². The van der Waals surface area contributed by atoms with Gasteiger partial charge in [0.05, 0.1) is 19.1 Å². The van der Waals surface area contributed by atoms with Crippen LogP contribution in [-0.2, 0) is 9.53 Å². The first-order chi connectivity index (χ1) is 8.24. The SMILES string of the molecule is COC(=O)CSc1nc(NN)cn2ccnc12. The summed E-state index contributed by atoms with van der Waals surface area (Å²) in [6.45, 7) is 0. The Morgan fingerprint density at radius 2 is 2.53 bits per heavy atom. The Balaban J connectivity index is 2.30. The molecule has 0 radical (unpaired) electrons. The van der Waals surface area contributed by atoms with E-state index in [1.165, 1.54) is 18.9 Å². The smallest absolute Gasteiger partial charge is 0.316 e. The summed E-state index contributed by atoms with van der Waals surface area (Å²) in [5.41, 5.74) is 3.14. The maximum Gasteiger partial charge on any atom is 0.316 e. The van der Waals surface area contributed by atoms with E-state index >= 15 is 0 Å². The number of anilines is 1. The number of hydrogen-bond acceptors (Lipinski definition) is 7. The van der Waals surface area contributed by atoms with E-state index in [-0.39, 0.29) is 11.7 Å². The Bertz CT molecular complexity index is 541. The van der Waals surface area contributed by atoms with Crippen molar-refractivity contribution in [1.29, 1.82) is 0 Å². The van der Waals surface area contributed by atoms with Crippen LogP contribution in [0.1, 0.15) is 0 Å². The number of fused-ring (bicyclic) bond motifs is 1. The molecule has 0 unspecified atom stereocenters. The van der Waals surface area contributed by atoms with Gasteiger partial charge in [-0.05, 0) is 0 Å². The highest BCUT2D eigenvalue weighted by Crippen LogP contribution is 2.22. The van der Waals surface area contributed by atoms with Crippen molar-refractivity contribution in [2.45, 2.75) is 5.03 Å². The summed E-state index contributed by atoms with van der Waals surface area (Å²) in [4.78, 5) is 19.5. The fourth-order valence-corrected chi connectivity index (χ4v) is 2.08. The molecular weight excluding hydrogens is 242 g/mol. The molecule has 0 spiro atoms. The van der Waals surface area contributed by atoms with Crippen molar-refractivity contribution >= 4 is 29.2 Å². The van der Waals surface area contributed by atoms with Gasteiger partial charge in [-0.3, -0.25) is 4.79 Å². The summed E-state index contributed by atoms with van der Waals surface area (Å²) in [6, 6.07) is 0. The van der Waals surface area contributed by atoms with Crippen molar-refractivity contribution < 1.29 is 9.53 Å². The number of carbonyl (C=O) groups excluding carboxylic acids is 1. The number of aromatic nitrogens is 3. The monoisotopic (exact) mass is 253 g/mol. The zero-order chi connectivity index (χ0) is 12.3. The molecular formula is C9H11N5O2S. The average Bonchev–Trinajstić information content (AvgIpc) is 2.83. The van der Waals surface area contributed by atoms with Crippen molar-refractivity contribution in [3.63, 3.8) is 0 Å². The number of methoxy groups -OCH3 is 1. The van der Waals surface area contributed by atoms with Gasteiger partial charge in [-0.2, -0.15) is 0 Å². The van der Waals surface area contributed by atoms with Crippen LogP contribution in [0.2, 0.25) is 0 Å². The van der Waals surface area contributed by atoms with Crippen molar-refractivity contribution in [2.24, 2.45) is 5.84 Å². The van der Waals surface area contributed by atoms with Crippen molar-refractivity contribution in [3.8, 4) is 0 Å². The van der Waals surface area contributed by atoms with E-state index in [9.17, 15) is 4.79 Å². The number of carbonyl (C=O) groups is 1. The Morgan fingerprint density at radius 1 is 1.71 bits per heavy atom. The Kier molecular flexibility index (Phi) is 3.45. The molecule has 0 aromatic carbocycles. The summed E-state index contributed by atoms with van der Waals surface area (Å²) in [7, 11) is 1.35. The molecule has 17 heavy (non-hydrogen) atoms. The lowest BCUT2D eigenvalue weighted by molar-refractivity contribution is -0.137. The van der Waals surface area contributed by atoms with Gasteiger partial charge in [0.25, 0.3) is 0 Å². The van der Waals surface area contributed by atoms with Gasteiger partial charge in [0.1, 0.15) is 5.03 Å². The quantitative estimate of drug-likeness (QED) is 0.350. The standard InChI is InChI=1S/C9H11N5O2S/c1-16-7(15)5-17-9-8-11-2-3-14(8)4-6(12-9)13-10/h2-4,13H,5,10H2,1H3. The Labute approximate surface area is 101 Å². The number of imidazole rings is 1. The molecule has 0 saturated carbocycles. The first-order valence-electron chi connectivity index (χ1n) is 4.74. The minimum atomic E-state index is -0.312. The molecule has 0 saturated heterocycles. The largest absolute Gasteiger partial charge is 0.468 e. The second-order valence-electron chi connectivity index (χ2n) is 3.10. The van der Waals surface area contributed by atoms with Crippen molar-refractivity contribution in [3.05, 3.63) is 18.6 Å². The van der Waals surface area contributed by atoms with Crippen LogP contribution in [0.25, 0.3) is 5.65 Å². The highest BCUT2D eigenvalue weighted by Gasteiger charge is 2.10. The molecule has 2 aromatic rings. The van der Waals surface area contributed by atoms with E-state index < -0.39 is 0 Å². The van der Waals surface area contributed by atoms with Gasteiger partial charge < -0.3 is 14.6 Å². The number of rotatable bonds is 4. The maximum atomic E-state index is 11.1. The predicted molar refractivity (Wildman–Crippen MR) is 63.5 cm³/mol. The maximum absolute atomic E-state index is 11.1. The van der Waals surface area contributed by atoms with E-state index in [2.05, 4.69) is 20.1 Å². The number of nitrogens with two attached hydrogens (primary N) is 1. The minimum Gasteiger partial charge on any atom is -0.468 e. The van der Waals surface area contributed by atoms with E-state index in [0.29, 0.717) is 16.5 Å². The average molecular weight is 253 g/mol. The molecule has 0 amide bonds. The molecule has 0 fully saturated rings. The lowest BCUT2D eigenvalue weighted by Gasteiger charge is -2.05. The number of ether oxygens (including phenoxy) is 1. The third-order valence-electron chi connectivity index (χ3n) is 2.05. The normalized spacial score (nSPS) is 10.5. The van der Waals surface area contributed by atoms with Gasteiger partial charge in [0.2, 0.25) is 0 Å². The number of nitrogens with zero attached hydrogens (tertiary/aromatic N) is 3. The molecule has 90 valence electrons. The molecule has 0 atom stereocenters. The molecule has 2 aromatic heterocycles. The van der Waals surface area contributed by atoms with E-state index in [4.69, 9.17) is 5.84 Å². The van der Waals surface area contributed by atoms with Crippen LogP contribution in [0.15, 0.2) is 23.6 Å². The van der Waals surface area contributed by atoms with Gasteiger partial charge in [-0.15, -0.1) is 0 Å². The predicted octanol–water partition coefficient (Wildman–Crippen LogP) is 0.280. The molecule has 7 nitrogen and oxygen atoms in total. The molecule has 2 rings (SSSR count). The number of nitrogen functional groups attached to an aromatic ring is 1. The second-order valence-corrected chi connectivity index (χ2v) is 4.06. The van der Waals surface area contributed by atoms with Crippen LogP contribution in [-0.4, -0.2) is 33.2 Å². The topological polar surface area (TPSA) is 94.5 Å². The zero-order valence-corrected chi connectivity index (χ0v) is 9.90. The lowest BCUT2D eigenvalue weighted by Crippen LogP contribution is -2.10. The molecule has 3 N–H and O–H groups in total. The zero-order valence-electron chi connectivity index (χ0n) is 9.08. The van der Waals surface area contributed by atoms with Crippen LogP contribution >= 0.6 is 11.8 Å². The fourth-order valence-electron chi connectivity index (χ4n) is 1.26. The molecule has 8 heteroatoms. The number of hydrazine groups is 1. The second kappa shape index (κ2) is 5.02. The van der Waals surface area contributed by atoms with Gasteiger partial charge >= 0.3 is 5.97 Å². The third-order valence-corrected chi connectivity index (χ3v) is 2.97. The number of esters is 1. The van der Waals surface area contributed by atoms with E-state index in [1.807, 2.05) is 0 Å². The van der Waals surface area contributed by atoms with Crippen LogP contribution in [0, 0.1) is 0 Å². The summed E-state index contributed by atoms with van der Waals surface area (Å²) in [6.07, 6.45) is 5.14. The van der Waals surface area contributed by atoms with Gasteiger partial charge in [-0.1, -0.05) is 11.8 Å². The van der Waals surface area contributed by atoms with Crippen molar-refractivity contribution in [1.82, 2.24) is 14.4 Å². The molecule has 0 aliphatic heterocycles. The molecule has 2 heterocycles. The van der Waals surface area contributed by atoms with Crippen LogP contribution in [0.3, 0.4) is 0 Å². The Morgan fingerprint density at radius 3 is 3.24 bits per heavy atom. The highest BCUT2D eigenvalue weighted by molar-refractivity contribution is 8.00. The number of nitrogens with one attached hydrogen (secondary N) is 1.